The van der Waals surface area contributed by atoms with Crippen LogP contribution in [0.3, 0.4) is 0 Å². The third-order valence-electron chi connectivity index (χ3n) is 2.59. The van der Waals surface area contributed by atoms with E-state index in [-0.39, 0.29) is 5.96 Å². The summed E-state index contributed by atoms with van der Waals surface area (Å²) in [4.78, 5) is 4.27. The molecule has 1 rings (SSSR count). The van der Waals surface area contributed by atoms with Crippen molar-refractivity contribution in [1.82, 2.24) is 9.80 Å². The summed E-state index contributed by atoms with van der Waals surface area (Å²) in [5.41, 5.74) is 5.42. The SMILES string of the molecule is CCC1CN(C(=N)N)CCN1C. The average Bonchev–Trinajstić information content (AvgIpc) is 2.05. The van der Waals surface area contributed by atoms with Crippen LogP contribution >= 0.6 is 0 Å². The molecule has 1 aliphatic rings. The maximum Gasteiger partial charge on any atom is 0.188 e. The van der Waals surface area contributed by atoms with Crippen molar-refractivity contribution in [3.63, 3.8) is 0 Å². The van der Waals surface area contributed by atoms with Crippen molar-refractivity contribution >= 4 is 5.96 Å². The van der Waals surface area contributed by atoms with E-state index in [1.165, 1.54) is 0 Å². The quantitative estimate of drug-likeness (QED) is 0.427. The summed E-state index contributed by atoms with van der Waals surface area (Å²) in [6.07, 6.45) is 1.13. The molecular formula is C8H18N4. The van der Waals surface area contributed by atoms with Crippen LogP contribution in [-0.4, -0.2) is 48.5 Å². The van der Waals surface area contributed by atoms with Crippen LogP contribution in [0.4, 0.5) is 0 Å². The number of piperazine rings is 1. The van der Waals surface area contributed by atoms with Crippen molar-refractivity contribution in [1.29, 1.82) is 5.41 Å². The summed E-state index contributed by atoms with van der Waals surface area (Å²) in [6.45, 7) is 4.98. The molecule has 12 heavy (non-hydrogen) atoms. The maximum absolute atomic E-state index is 7.30. The van der Waals surface area contributed by atoms with Gasteiger partial charge in [0.2, 0.25) is 0 Å². The van der Waals surface area contributed by atoms with Gasteiger partial charge in [-0.1, -0.05) is 6.92 Å². The first-order valence-electron chi connectivity index (χ1n) is 4.44. The molecular weight excluding hydrogens is 152 g/mol. The highest BCUT2D eigenvalue weighted by atomic mass is 15.3. The highest BCUT2D eigenvalue weighted by Gasteiger charge is 2.22. The monoisotopic (exact) mass is 170 g/mol. The second kappa shape index (κ2) is 3.76. The molecule has 70 valence electrons. The Morgan fingerprint density at radius 2 is 2.25 bits per heavy atom. The van der Waals surface area contributed by atoms with Crippen LogP contribution in [0.2, 0.25) is 0 Å². The van der Waals surface area contributed by atoms with Crippen LogP contribution in [-0.2, 0) is 0 Å². The van der Waals surface area contributed by atoms with Gasteiger partial charge >= 0.3 is 0 Å². The van der Waals surface area contributed by atoms with Crippen LogP contribution in [0.1, 0.15) is 13.3 Å². The van der Waals surface area contributed by atoms with Crippen molar-refractivity contribution in [2.24, 2.45) is 5.73 Å². The van der Waals surface area contributed by atoms with Gasteiger partial charge in [0, 0.05) is 25.7 Å². The fraction of sp³-hybridized carbons (Fsp3) is 0.875. The molecule has 0 saturated carbocycles. The molecule has 3 N–H and O–H groups in total. The summed E-state index contributed by atoms with van der Waals surface area (Å²) >= 11 is 0. The van der Waals surface area contributed by atoms with E-state index in [1.54, 1.807) is 0 Å². The number of nitrogens with zero attached hydrogens (tertiary/aromatic N) is 2. The van der Waals surface area contributed by atoms with Gasteiger partial charge in [-0.05, 0) is 13.5 Å². The Morgan fingerprint density at radius 3 is 2.75 bits per heavy atom. The highest BCUT2D eigenvalue weighted by Crippen LogP contribution is 2.09. The number of rotatable bonds is 1. The second-order valence-electron chi connectivity index (χ2n) is 3.37. The lowest BCUT2D eigenvalue weighted by atomic mass is 10.1. The molecule has 0 bridgehead atoms. The predicted molar refractivity (Wildman–Crippen MR) is 50.2 cm³/mol. The molecule has 0 aliphatic carbocycles. The summed E-state index contributed by atoms with van der Waals surface area (Å²) in [7, 11) is 2.13. The van der Waals surface area contributed by atoms with Crippen LogP contribution in [0.5, 0.6) is 0 Å². The van der Waals surface area contributed by atoms with Crippen molar-refractivity contribution in [3.8, 4) is 0 Å². The van der Waals surface area contributed by atoms with Crippen LogP contribution < -0.4 is 5.73 Å². The highest BCUT2D eigenvalue weighted by molar-refractivity contribution is 5.74. The number of hydrogen-bond donors (Lipinski definition) is 2. The smallest absolute Gasteiger partial charge is 0.188 e. The first kappa shape index (κ1) is 9.32. The fourth-order valence-corrected chi connectivity index (χ4v) is 1.61. The molecule has 0 spiro atoms. The van der Waals surface area contributed by atoms with E-state index in [2.05, 4.69) is 18.9 Å². The molecule has 0 aromatic carbocycles. The van der Waals surface area contributed by atoms with Gasteiger partial charge in [0.05, 0.1) is 0 Å². The first-order chi connectivity index (χ1) is 5.65. The minimum atomic E-state index is 0.210. The number of nitrogens with two attached hydrogens (primary N) is 1. The molecule has 4 heteroatoms. The topological polar surface area (TPSA) is 56.4 Å². The largest absolute Gasteiger partial charge is 0.370 e. The summed E-state index contributed by atoms with van der Waals surface area (Å²) < 4.78 is 0. The molecule has 1 saturated heterocycles. The Labute approximate surface area is 73.8 Å². The number of nitrogens with one attached hydrogen (secondary N) is 1. The van der Waals surface area contributed by atoms with E-state index in [0.29, 0.717) is 6.04 Å². The van der Waals surface area contributed by atoms with Crippen LogP contribution in [0.25, 0.3) is 0 Å². The van der Waals surface area contributed by atoms with Gasteiger partial charge in [-0.25, -0.2) is 0 Å². The van der Waals surface area contributed by atoms with Gasteiger partial charge in [-0.3, -0.25) is 10.3 Å². The molecule has 1 unspecified atom stereocenters. The normalized spacial score (nSPS) is 25.8. The van der Waals surface area contributed by atoms with E-state index in [0.717, 1.165) is 26.1 Å². The Morgan fingerprint density at radius 1 is 1.58 bits per heavy atom. The lowest BCUT2D eigenvalue weighted by Gasteiger charge is -2.39. The summed E-state index contributed by atoms with van der Waals surface area (Å²) in [6, 6.07) is 0.558. The van der Waals surface area contributed by atoms with Crippen LogP contribution in [0, 0.1) is 5.41 Å². The Bertz CT molecular complexity index is 168. The lowest BCUT2D eigenvalue weighted by molar-refractivity contribution is 0.136. The van der Waals surface area contributed by atoms with E-state index in [1.807, 2.05) is 4.90 Å². The third kappa shape index (κ3) is 1.88. The Kier molecular flexibility index (Phi) is 2.92. The van der Waals surface area contributed by atoms with Crippen molar-refractivity contribution in [3.05, 3.63) is 0 Å². The summed E-state index contributed by atoms with van der Waals surface area (Å²) in [5, 5.41) is 7.30. The predicted octanol–water partition coefficient (Wildman–Crippen LogP) is -0.0941. The second-order valence-corrected chi connectivity index (χ2v) is 3.37. The standard InChI is InChI=1S/C8H18N4/c1-3-7-6-12(8(9)10)5-4-11(7)2/h7H,3-6H2,1-2H3,(H3,9,10). The zero-order valence-corrected chi connectivity index (χ0v) is 7.88. The molecule has 1 atom stereocenters. The number of hydrogen-bond acceptors (Lipinski definition) is 2. The van der Waals surface area contributed by atoms with Crippen molar-refractivity contribution in [2.75, 3.05) is 26.7 Å². The minimum absolute atomic E-state index is 0.210. The molecule has 1 aliphatic heterocycles. The van der Waals surface area contributed by atoms with E-state index in [4.69, 9.17) is 11.1 Å². The number of likely N-dealkylation sites (N-methyl/N-ethyl adjacent to an activating group) is 1. The average molecular weight is 170 g/mol. The first-order valence-corrected chi connectivity index (χ1v) is 4.44. The lowest BCUT2D eigenvalue weighted by Crippen LogP contribution is -2.54. The minimum Gasteiger partial charge on any atom is -0.370 e. The molecule has 0 aromatic heterocycles. The molecule has 0 amide bonds. The molecule has 0 aromatic rings. The Hall–Kier alpha value is -0.770. The third-order valence-corrected chi connectivity index (χ3v) is 2.59. The zero-order chi connectivity index (χ0) is 9.14. The van der Waals surface area contributed by atoms with Gasteiger partial charge in [0.1, 0.15) is 0 Å². The van der Waals surface area contributed by atoms with Crippen molar-refractivity contribution in [2.45, 2.75) is 19.4 Å². The number of guanidine groups is 1. The van der Waals surface area contributed by atoms with Gasteiger partial charge in [-0.2, -0.15) is 0 Å². The van der Waals surface area contributed by atoms with Gasteiger partial charge in [0.25, 0.3) is 0 Å². The molecule has 1 fully saturated rings. The van der Waals surface area contributed by atoms with Gasteiger partial charge in [0.15, 0.2) is 5.96 Å². The fourth-order valence-electron chi connectivity index (χ4n) is 1.61. The van der Waals surface area contributed by atoms with E-state index < -0.39 is 0 Å². The van der Waals surface area contributed by atoms with Crippen molar-refractivity contribution < 1.29 is 0 Å². The van der Waals surface area contributed by atoms with Gasteiger partial charge < -0.3 is 10.6 Å². The zero-order valence-electron chi connectivity index (χ0n) is 7.88. The maximum atomic E-state index is 7.30. The Balaban J connectivity index is 2.49. The van der Waals surface area contributed by atoms with E-state index in [9.17, 15) is 0 Å². The molecule has 1 heterocycles. The van der Waals surface area contributed by atoms with Crippen LogP contribution in [0.15, 0.2) is 0 Å². The van der Waals surface area contributed by atoms with E-state index >= 15 is 0 Å². The molecule has 4 nitrogen and oxygen atoms in total. The molecule has 0 radical (unpaired) electrons. The van der Waals surface area contributed by atoms with Gasteiger partial charge in [-0.15, -0.1) is 0 Å². The summed E-state index contributed by atoms with van der Waals surface area (Å²) in [5.74, 6) is 0.210.